The Morgan fingerprint density at radius 2 is 1.71 bits per heavy atom. The first-order valence-corrected chi connectivity index (χ1v) is 11.3. The number of anilines is 1. The second-order valence-electron chi connectivity index (χ2n) is 8.50. The third kappa shape index (κ3) is 4.58. The van der Waals surface area contributed by atoms with Crippen LogP contribution < -0.4 is 11.3 Å². The van der Waals surface area contributed by atoms with Crippen LogP contribution in [0.15, 0.2) is 83.8 Å². The van der Waals surface area contributed by atoms with Crippen molar-refractivity contribution in [3.63, 3.8) is 0 Å². The first-order valence-electron chi connectivity index (χ1n) is 11.3. The number of H-pyrrole nitrogens is 1. The van der Waals surface area contributed by atoms with Gasteiger partial charge in [-0.05, 0) is 28.8 Å². The van der Waals surface area contributed by atoms with Crippen LogP contribution in [-0.4, -0.2) is 21.6 Å². The predicted molar refractivity (Wildman–Crippen MR) is 134 cm³/mol. The van der Waals surface area contributed by atoms with Crippen LogP contribution in [0.2, 0.25) is 0 Å². The average Bonchev–Trinajstić information content (AvgIpc) is 3.17. The maximum Gasteiger partial charge on any atom is 0.278 e. The molecule has 2 aliphatic heterocycles. The zero-order valence-corrected chi connectivity index (χ0v) is 19.3. The normalized spacial score (nSPS) is 11.3. The Morgan fingerprint density at radius 3 is 2.51 bits per heavy atom. The minimum Gasteiger partial charge on any atom is -0.396 e. The summed E-state index contributed by atoms with van der Waals surface area (Å²) in [6.07, 6.45) is 2.48. The number of aromatic amines is 1. The summed E-state index contributed by atoms with van der Waals surface area (Å²) in [6, 6.07) is 22.6. The van der Waals surface area contributed by atoms with Crippen molar-refractivity contribution in [2.45, 2.75) is 19.4 Å². The molecule has 0 saturated heterocycles. The second-order valence-corrected chi connectivity index (χ2v) is 8.50. The molecule has 35 heavy (non-hydrogen) atoms. The Morgan fingerprint density at radius 1 is 0.971 bits per heavy atom. The number of nitrogens with two attached hydrogens (primary N) is 1. The number of nitrogens with one attached hydrogen (secondary N) is 1. The highest BCUT2D eigenvalue weighted by Gasteiger charge is 2.21. The van der Waals surface area contributed by atoms with Crippen LogP contribution in [0.25, 0.3) is 17.1 Å². The van der Waals surface area contributed by atoms with Crippen molar-refractivity contribution in [3.05, 3.63) is 123 Å². The highest BCUT2D eigenvalue weighted by atomic mass is 19.1. The first-order chi connectivity index (χ1) is 17.0. The second kappa shape index (κ2) is 9.56. The molecule has 3 N–H and O–H groups in total. The average molecular weight is 469 g/mol. The van der Waals surface area contributed by atoms with E-state index in [0.29, 0.717) is 47.9 Å². The summed E-state index contributed by atoms with van der Waals surface area (Å²) in [5, 5.41) is 0. The van der Waals surface area contributed by atoms with Crippen molar-refractivity contribution in [3.8, 4) is 17.1 Å². The third-order valence-corrected chi connectivity index (χ3v) is 5.96. The fourth-order valence-corrected chi connectivity index (χ4v) is 4.30. The summed E-state index contributed by atoms with van der Waals surface area (Å²) in [6.45, 7) is 0.495. The van der Waals surface area contributed by atoms with Gasteiger partial charge in [-0.25, -0.2) is 9.37 Å². The number of fused-ring (bicyclic) bond motifs is 1. The summed E-state index contributed by atoms with van der Waals surface area (Å²) >= 11 is 0. The van der Waals surface area contributed by atoms with Gasteiger partial charge in [-0.3, -0.25) is 9.36 Å². The van der Waals surface area contributed by atoms with Gasteiger partial charge in [0.1, 0.15) is 5.69 Å². The van der Waals surface area contributed by atoms with E-state index in [0.717, 1.165) is 16.7 Å². The van der Waals surface area contributed by atoms with Crippen LogP contribution in [0.5, 0.6) is 0 Å². The molecule has 0 aliphatic carbocycles. The van der Waals surface area contributed by atoms with Gasteiger partial charge in [0.15, 0.2) is 11.6 Å². The van der Waals surface area contributed by atoms with Crippen LogP contribution >= 0.6 is 0 Å². The summed E-state index contributed by atoms with van der Waals surface area (Å²) < 4.78 is 21.6. The highest BCUT2D eigenvalue weighted by Crippen LogP contribution is 2.28. The molecule has 0 atom stereocenters. The van der Waals surface area contributed by atoms with E-state index in [1.54, 1.807) is 25.4 Å². The van der Waals surface area contributed by atoms with Crippen LogP contribution in [0.4, 0.5) is 10.1 Å². The van der Waals surface area contributed by atoms with Crippen LogP contribution in [0.3, 0.4) is 0 Å². The van der Waals surface area contributed by atoms with Gasteiger partial charge in [0.2, 0.25) is 0 Å². The molecular formula is C28H25FN4O2. The van der Waals surface area contributed by atoms with E-state index < -0.39 is 5.82 Å². The minimum absolute atomic E-state index is 0.0465. The molecule has 0 radical (unpaired) electrons. The largest absolute Gasteiger partial charge is 0.396 e. The molecule has 0 amide bonds. The standard InChI is InChI=1S/C28H25FN4O2/c1-35-17-20-10-5-9-19(13-20)15-24-28(34)33-16-25(21-11-6-12-22(30)26(21)29)31-23(27(33)32-24)14-18-7-3-2-4-8-18/h2-13,16,31H,14-15,17,30H2,1H3. The van der Waals surface area contributed by atoms with Gasteiger partial charge in [-0.15, -0.1) is 0 Å². The van der Waals surface area contributed by atoms with Gasteiger partial charge in [-0.2, -0.15) is 0 Å². The SMILES string of the molecule is COCc1cccc(Cc2nc3c(Cc4ccccc4)[nH]c(-c4cccc(N)c4F)cn-3c2=O)c1. The molecule has 0 saturated carbocycles. The molecule has 0 aromatic heterocycles. The number of aromatic nitrogens is 3. The lowest BCUT2D eigenvalue weighted by Gasteiger charge is -2.14. The minimum atomic E-state index is -0.531. The number of methoxy groups -OCH3 is 1. The lowest BCUT2D eigenvalue weighted by Crippen LogP contribution is -2.18. The zero-order valence-electron chi connectivity index (χ0n) is 19.3. The fourth-order valence-electron chi connectivity index (χ4n) is 4.30. The van der Waals surface area contributed by atoms with E-state index in [9.17, 15) is 9.18 Å². The molecule has 0 spiro atoms. The Bertz CT molecular complexity index is 1510. The molecule has 5 rings (SSSR count). The molecule has 6 nitrogen and oxygen atoms in total. The van der Waals surface area contributed by atoms with E-state index in [1.165, 1.54) is 10.6 Å². The van der Waals surface area contributed by atoms with E-state index in [-0.39, 0.29) is 11.2 Å². The maximum absolute atomic E-state index is 14.9. The van der Waals surface area contributed by atoms with Crippen LogP contribution in [0, 0.1) is 5.82 Å². The smallest absolute Gasteiger partial charge is 0.278 e. The predicted octanol–water partition coefficient (Wildman–Crippen LogP) is 4.71. The molecule has 3 aromatic carbocycles. The Hall–Kier alpha value is -4.23. The van der Waals surface area contributed by atoms with Crippen LogP contribution in [-0.2, 0) is 24.2 Å². The number of nitrogens with zero attached hydrogens (tertiary/aromatic N) is 2. The maximum atomic E-state index is 14.9. The molecule has 0 unspecified atom stereocenters. The monoisotopic (exact) mass is 468 g/mol. The van der Waals surface area contributed by atoms with Gasteiger partial charge < -0.3 is 15.5 Å². The summed E-state index contributed by atoms with van der Waals surface area (Å²) in [5.41, 5.74) is 10.5. The molecule has 2 heterocycles. The summed E-state index contributed by atoms with van der Waals surface area (Å²) in [5.74, 6) is -0.00790. The Labute approximate surface area is 202 Å². The number of halogens is 1. The molecule has 0 bridgehead atoms. The number of benzene rings is 3. The molecule has 0 fully saturated rings. The number of imidazole rings is 1. The van der Waals surface area contributed by atoms with E-state index in [1.807, 2.05) is 54.6 Å². The van der Waals surface area contributed by atoms with E-state index in [4.69, 9.17) is 15.5 Å². The molecule has 2 aliphatic rings. The van der Waals surface area contributed by atoms with E-state index >= 15 is 0 Å². The van der Waals surface area contributed by atoms with Gasteiger partial charge in [0, 0.05) is 31.7 Å². The van der Waals surface area contributed by atoms with Crippen molar-refractivity contribution in [1.29, 1.82) is 0 Å². The van der Waals surface area contributed by atoms with E-state index in [2.05, 4.69) is 4.98 Å². The molecule has 7 heteroatoms. The van der Waals surface area contributed by atoms with Gasteiger partial charge in [0.25, 0.3) is 5.56 Å². The number of nitrogen functional groups attached to an aromatic ring is 1. The number of hydrogen-bond donors (Lipinski definition) is 2. The lowest BCUT2D eigenvalue weighted by atomic mass is 10.1. The highest BCUT2D eigenvalue weighted by molar-refractivity contribution is 5.66. The quantitative estimate of drug-likeness (QED) is 0.339. The van der Waals surface area contributed by atoms with Crippen molar-refractivity contribution in [2.24, 2.45) is 0 Å². The number of hydrogen-bond acceptors (Lipinski definition) is 4. The van der Waals surface area contributed by atoms with Crippen molar-refractivity contribution >= 4 is 5.69 Å². The Kier molecular flexibility index (Phi) is 6.16. The Balaban J connectivity index is 1.64. The first kappa shape index (κ1) is 22.6. The third-order valence-electron chi connectivity index (χ3n) is 5.96. The van der Waals surface area contributed by atoms with Crippen molar-refractivity contribution in [2.75, 3.05) is 12.8 Å². The molecule has 176 valence electrons. The van der Waals surface area contributed by atoms with Gasteiger partial charge in [-0.1, -0.05) is 60.7 Å². The fraction of sp³-hybridized carbons (Fsp3) is 0.143. The number of rotatable bonds is 7. The van der Waals surface area contributed by atoms with Crippen LogP contribution in [0.1, 0.15) is 28.1 Å². The topological polar surface area (TPSA) is 85.9 Å². The van der Waals surface area contributed by atoms with Crippen molar-refractivity contribution in [1.82, 2.24) is 14.5 Å². The molecule has 3 aromatic rings. The zero-order chi connectivity index (χ0) is 24.4. The summed E-state index contributed by atoms with van der Waals surface area (Å²) in [4.78, 5) is 21.5. The van der Waals surface area contributed by atoms with Crippen molar-refractivity contribution < 1.29 is 9.13 Å². The lowest BCUT2D eigenvalue weighted by molar-refractivity contribution is 0.185. The number of ether oxygens (including phenoxy) is 1. The summed E-state index contributed by atoms with van der Waals surface area (Å²) in [7, 11) is 1.65. The van der Waals surface area contributed by atoms with Gasteiger partial charge in [0.05, 0.1) is 23.7 Å². The molecular weight excluding hydrogens is 443 g/mol. The van der Waals surface area contributed by atoms with Gasteiger partial charge >= 0.3 is 0 Å².